The molecule has 0 spiro atoms. The number of carbonyl (C=O) groups excluding carboxylic acids is 4. The van der Waals surface area contributed by atoms with Crippen molar-refractivity contribution in [1.82, 2.24) is 46.2 Å². The zero-order valence-corrected chi connectivity index (χ0v) is 45.1. The molecular weight excluding hydrogens is 1080 g/mol. The maximum absolute atomic E-state index is 14.0. The van der Waals surface area contributed by atoms with E-state index in [4.69, 9.17) is 5.11 Å². The summed E-state index contributed by atoms with van der Waals surface area (Å²) in [4.78, 5) is 155. The third-order valence-electron chi connectivity index (χ3n) is 15.3. The molecule has 5 amide bonds. The fourth-order valence-electron chi connectivity index (χ4n) is 10.7. The van der Waals surface area contributed by atoms with Gasteiger partial charge in [0.1, 0.15) is 29.5 Å². The lowest BCUT2D eigenvalue weighted by atomic mass is 9.61. The van der Waals surface area contributed by atoms with E-state index in [9.17, 15) is 83.1 Å². The quantitative estimate of drug-likeness (QED) is 0.0290. The minimum Gasteiger partial charge on any atom is -0.480 e. The van der Waals surface area contributed by atoms with Gasteiger partial charge in [-0.1, -0.05) is 42.5 Å². The molecule has 0 radical (unpaired) electrons. The Morgan fingerprint density at radius 3 is 1.54 bits per heavy atom. The Balaban J connectivity index is 1.06. The van der Waals surface area contributed by atoms with E-state index in [1.807, 2.05) is 58.0 Å². The number of hydrogen-bond donors (Lipinski definition) is 13. The molecule has 2 bridgehead atoms. The lowest BCUT2D eigenvalue weighted by Gasteiger charge is -2.54. The van der Waals surface area contributed by atoms with Crippen LogP contribution in [0.3, 0.4) is 0 Å². The average Bonchev–Trinajstić information content (AvgIpc) is 2.96. The number of nitrogens with zero attached hydrogens (tertiary/aromatic N) is 4. The molecule has 0 aromatic heterocycles. The number of hydrogen-bond acceptors (Lipinski definition) is 18. The Kier molecular flexibility index (Phi) is 22.2. The second-order valence-corrected chi connectivity index (χ2v) is 21.2. The number of rotatable bonds is 27. The molecule has 3 aromatic carbocycles. The molecule has 29 heteroatoms. The van der Waals surface area contributed by atoms with Gasteiger partial charge in [0.25, 0.3) is 10.9 Å². The summed E-state index contributed by atoms with van der Waals surface area (Å²) >= 11 is 0. The molecule has 3 atom stereocenters. The largest absolute Gasteiger partial charge is 0.480 e. The standard InChI is InChI=1S/C53H71N11O18/c65-38(28-61-17-19-62(29-39(66)67)21-23-64(31-41(70)71)24-22-63(20-18-61)30-40(68)69)59-52-10-13-53(14-11-52,15-12-52)60-43-42(44(72)45(43)73)56-36(26-32-8-9-33-5-1-2-6-34(33)25-32)46(74)54-16-4-3-7-35(48(76)77)57-51(82)58-37(49(78)79)27-55-47(75)50(80)81/h1-2,5-6,8-9,25,35-37,56,60H,3-4,7,10-24,26-31H2,(H,54,74)(H,55,75)(H,59,65)(H,66,67)(H,68,69)(H,70,71)(H,76,77)(H,78,79)(H,80,81)(H2,57,58,82)/t35-,36-,37-,52?,53?/m0/s1. The molecule has 4 fully saturated rings. The number of amides is 5. The van der Waals surface area contributed by atoms with Gasteiger partial charge < -0.3 is 67.9 Å². The van der Waals surface area contributed by atoms with E-state index >= 15 is 0 Å². The second kappa shape index (κ2) is 28.9. The first-order valence-electron chi connectivity index (χ1n) is 27.0. The smallest absolute Gasteiger partial charge is 0.394 e. The monoisotopic (exact) mass is 1150 g/mol. The fourth-order valence-corrected chi connectivity index (χ4v) is 10.7. The molecule has 3 saturated carbocycles. The van der Waals surface area contributed by atoms with Crippen LogP contribution < -0.4 is 48.1 Å². The highest BCUT2D eigenvalue weighted by molar-refractivity contribution is 6.31. The predicted octanol–water partition coefficient (Wildman–Crippen LogP) is -2.00. The summed E-state index contributed by atoms with van der Waals surface area (Å²) in [6.45, 7) is 0.211. The van der Waals surface area contributed by atoms with Crippen LogP contribution in [0.2, 0.25) is 0 Å². The van der Waals surface area contributed by atoms with Crippen molar-refractivity contribution in [2.45, 2.75) is 93.4 Å². The van der Waals surface area contributed by atoms with Crippen molar-refractivity contribution in [1.29, 1.82) is 0 Å². The molecule has 1 saturated heterocycles. The van der Waals surface area contributed by atoms with Crippen LogP contribution >= 0.6 is 0 Å². The Morgan fingerprint density at radius 2 is 1.02 bits per heavy atom. The van der Waals surface area contributed by atoms with Gasteiger partial charge >= 0.3 is 47.8 Å². The van der Waals surface area contributed by atoms with E-state index in [1.165, 1.54) is 0 Å². The summed E-state index contributed by atoms with van der Waals surface area (Å²) in [7, 11) is 0. The molecule has 29 nitrogen and oxygen atoms in total. The van der Waals surface area contributed by atoms with Gasteiger partial charge in [-0.3, -0.25) is 58.0 Å². The summed E-state index contributed by atoms with van der Waals surface area (Å²) in [5.74, 6) is -10.5. The van der Waals surface area contributed by atoms with Gasteiger partial charge in [-0.25, -0.2) is 19.2 Å². The first-order valence-corrected chi connectivity index (χ1v) is 27.0. The van der Waals surface area contributed by atoms with E-state index in [-0.39, 0.29) is 128 Å². The van der Waals surface area contributed by atoms with Gasteiger partial charge in [-0.15, -0.1) is 0 Å². The lowest BCUT2D eigenvalue weighted by Crippen LogP contribution is -2.62. The van der Waals surface area contributed by atoms with Crippen LogP contribution in [-0.4, -0.2) is 231 Å². The van der Waals surface area contributed by atoms with Gasteiger partial charge in [0.2, 0.25) is 11.8 Å². The predicted molar refractivity (Wildman–Crippen MR) is 292 cm³/mol. The number of urea groups is 1. The number of carboxylic acid groups (broad SMARTS) is 6. The fraction of sp³-hybridized carbons (Fsp3) is 0.547. The highest BCUT2D eigenvalue weighted by Crippen LogP contribution is 2.48. The van der Waals surface area contributed by atoms with Crippen LogP contribution in [0.4, 0.5) is 16.2 Å². The van der Waals surface area contributed by atoms with Crippen LogP contribution in [0, 0.1) is 0 Å². The van der Waals surface area contributed by atoms with Crippen LogP contribution in [0.5, 0.6) is 0 Å². The van der Waals surface area contributed by atoms with Gasteiger partial charge in [0, 0.05) is 82.9 Å². The number of carboxylic acids is 6. The molecule has 446 valence electrons. The Labute approximate surface area is 469 Å². The maximum atomic E-state index is 14.0. The van der Waals surface area contributed by atoms with Gasteiger partial charge in [0.15, 0.2) is 0 Å². The maximum Gasteiger partial charge on any atom is 0.394 e. The number of nitrogens with one attached hydrogen (secondary N) is 7. The molecule has 4 aliphatic rings. The van der Waals surface area contributed by atoms with E-state index < -0.39 is 100 Å². The molecule has 3 aliphatic carbocycles. The molecule has 13 N–H and O–H groups in total. The first-order chi connectivity index (χ1) is 38.9. The molecule has 1 aliphatic heterocycles. The summed E-state index contributed by atoms with van der Waals surface area (Å²) in [6.07, 6.45) is 3.39. The van der Waals surface area contributed by atoms with Crippen molar-refractivity contribution in [3.8, 4) is 0 Å². The Bertz CT molecular complexity index is 2870. The summed E-state index contributed by atoms with van der Waals surface area (Å²) in [6, 6.07) is 7.59. The van der Waals surface area contributed by atoms with Crippen molar-refractivity contribution < 1.29 is 78.6 Å². The Morgan fingerprint density at radius 1 is 0.537 bits per heavy atom. The Hall–Kier alpha value is -8.28. The highest BCUT2D eigenvalue weighted by Gasteiger charge is 2.50. The van der Waals surface area contributed by atoms with Crippen molar-refractivity contribution in [3.05, 3.63) is 68.5 Å². The molecule has 82 heavy (non-hydrogen) atoms. The van der Waals surface area contributed by atoms with Crippen molar-refractivity contribution >= 4 is 81.7 Å². The summed E-state index contributed by atoms with van der Waals surface area (Å²) in [5, 5.41) is 76.8. The number of anilines is 2. The third kappa shape index (κ3) is 18.4. The van der Waals surface area contributed by atoms with Gasteiger partial charge in [-0.05, 0) is 74.1 Å². The van der Waals surface area contributed by atoms with Crippen molar-refractivity contribution in [2.75, 3.05) is 102 Å². The topological polar surface area (TPSA) is 423 Å². The average molecular weight is 1150 g/mol. The van der Waals surface area contributed by atoms with Crippen LogP contribution in [0.15, 0.2) is 52.1 Å². The molecule has 7 rings (SSSR count). The van der Waals surface area contributed by atoms with E-state index in [1.54, 1.807) is 14.7 Å². The zero-order chi connectivity index (χ0) is 59.7. The molecular formula is C53H71N11O18. The number of benzene rings is 2. The molecule has 3 aromatic rings. The molecule has 0 unspecified atom stereocenters. The number of fused-ring (bicyclic) bond motifs is 4. The van der Waals surface area contributed by atoms with Crippen molar-refractivity contribution in [2.24, 2.45) is 0 Å². The van der Waals surface area contributed by atoms with Crippen LogP contribution in [0.1, 0.15) is 63.4 Å². The minimum atomic E-state index is -1.89. The van der Waals surface area contributed by atoms with Gasteiger partial charge in [0.05, 0.1) is 26.2 Å². The lowest BCUT2D eigenvalue weighted by molar-refractivity contribution is -0.150. The highest BCUT2D eigenvalue weighted by atomic mass is 16.4. The first kappa shape index (κ1) is 62.9. The van der Waals surface area contributed by atoms with E-state index in [0.29, 0.717) is 38.5 Å². The SMILES string of the molecule is O=C(O)CN1CCN(CC(=O)O)CCN(CC(=O)NC23CCC(Nc4c(N[C@@H](Cc5ccc6ccccc6c5)C(=O)NCCCC[C@H](NC(=O)N[C@@H](CNC(=O)C(=O)O)C(=O)O)C(=O)O)c(=O)c4=O)(CC2)CC3)CCN(CC(=O)O)CC1. The zero-order valence-electron chi connectivity index (χ0n) is 45.1. The summed E-state index contributed by atoms with van der Waals surface area (Å²) < 4.78 is 0. The summed E-state index contributed by atoms with van der Waals surface area (Å²) in [5.41, 5.74) is -2.08. The second-order valence-electron chi connectivity index (χ2n) is 21.2. The third-order valence-corrected chi connectivity index (χ3v) is 15.3. The number of unbranched alkanes of at least 4 members (excludes halogenated alkanes) is 1. The number of aliphatic carboxylic acids is 6. The van der Waals surface area contributed by atoms with Crippen molar-refractivity contribution in [3.63, 3.8) is 0 Å². The number of carbonyl (C=O) groups is 10. The van der Waals surface area contributed by atoms with Crippen LogP contribution in [-0.2, 0) is 49.6 Å². The molecule has 1 heterocycles. The van der Waals surface area contributed by atoms with Crippen LogP contribution in [0.25, 0.3) is 10.8 Å². The van der Waals surface area contributed by atoms with E-state index in [0.717, 1.165) is 16.3 Å². The normalized spacial score (nSPS) is 20.4. The van der Waals surface area contributed by atoms with E-state index in [2.05, 4.69) is 26.6 Å². The van der Waals surface area contributed by atoms with Gasteiger partial charge in [-0.2, -0.15) is 0 Å². The minimum absolute atomic E-state index is 0.0153.